The van der Waals surface area contributed by atoms with Gasteiger partial charge in [0.15, 0.2) is 5.13 Å². The van der Waals surface area contributed by atoms with E-state index in [9.17, 15) is 4.79 Å². The SMILES string of the molecule is COc1ccc(C(=O)Nc2cnc(C)n2-c2nc(-c3ccccc3)cs2)c(OC)c1. The Balaban J connectivity index is 1.64. The fourth-order valence-corrected chi connectivity index (χ4v) is 3.94. The lowest BCUT2D eigenvalue weighted by molar-refractivity contribution is 0.102. The van der Waals surface area contributed by atoms with E-state index in [0.29, 0.717) is 22.9 Å². The van der Waals surface area contributed by atoms with Crippen LogP contribution in [-0.2, 0) is 0 Å². The molecule has 2 heterocycles. The van der Waals surface area contributed by atoms with Gasteiger partial charge < -0.3 is 14.8 Å². The van der Waals surface area contributed by atoms with E-state index in [-0.39, 0.29) is 5.91 Å². The van der Waals surface area contributed by atoms with Crippen LogP contribution >= 0.6 is 11.3 Å². The number of ether oxygens (including phenoxy) is 2. The number of hydrogen-bond acceptors (Lipinski definition) is 6. The first-order valence-corrected chi connectivity index (χ1v) is 10.1. The van der Waals surface area contributed by atoms with E-state index in [2.05, 4.69) is 10.3 Å². The zero-order chi connectivity index (χ0) is 21.1. The fraction of sp³-hybridized carbons (Fsp3) is 0.136. The summed E-state index contributed by atoms with van der Waals surface area (Å²) in [5.74, 6) is 1.98. The van der Waals surface area contributed by atoms with Gasteiger partial charge in [0, 0.05) is 17.0 Å². The van der Waals surface area contributed by atoms with E-state index >= 15 is 0 Å². The quantitative estimate of drug-likeness (QED) is 0.494. The van der Waals surface area contributed by atoms with Crippen LogP contribution in [0.2, 0.25) is 0 Å². The molecule has 0 unspecified atom stereocenters. The first-order valence-electron chi connectivity index (χ1n) is 9.19. The zero-order valence-corrected chi connectivity index (χ0v) is 17.6. The van der Waals surface area contributed by atoms with Gasteiger partial charge in [-0.3, -0.25) is 9.36 Å². The number of nitrogens with zero attached hydrogens (tertiary/aromatic N) is 3. The summed E-state index contributed by atoms with van der Waals surface area (Å²) in [6.45, 7) is 1.87. The minimum atomic E-state index is -0.310. The molecule has 152 valence electrons. The molecular formula is C22H20N4O3S. The van der Waals surface area contributed by atoms with Gasteiger partial charge in [-0.2, -0.15) is 0 Å². The Hall–Kier alpha value is -3.65. The zero-order valence-electron chi connectivity index (χ0n) is 16.7. The van der Waals surface area contributed by atoms with Crippen LogP contribution in [0.4, 0.5) is 5.82 Å². The molecule has 0 atom stereocenters. The van der Waals surface area contributed by atoms with E-state index in [1.165, 1.54) is 18.4 Å². The average molecular weight is 420 g/mol. The second kappa shape index (κ2) is 8.38. The van der Waals surface area contributed by atoms with Gasteiger partial charge in [0.1, 0.15) is 23.1 Å². The molecule has 0 saturated heterocycles. The van der Waals surface area contributed by atoms with Gasteiger partial charge in [-0.05, 0) is 19.1 Å². The van der Waals surface area contributed by atoms with Crippen LogP contribution in [0.3, 0.4) is 0 Å². The van der Waals surface area contributed by atoms with E-state index in [1.54, 1.807) is 31.5 Å². The van der Waals surface area contributed by atoms with Crippen molar-refractivity contribution in [3.63, 3.8) is 0 Å². The Bertz CT molecular complexity index is 1180. The van der Waals surface area contributed by atoms with Crippen LogP contribution in [0, 0.1) is 6.92 Å². The highest BCUT2D eigenvalue weighted by atomic mass is 32.1. The number of anilines is 1. The summed E-state index contributed by atoms with van der Waals surface area (Å²) in [4.78, 5) is 22.0. The maximum atomic E-state index is 12.9. The summed E-state index contributed by atoms with van der Waals surface area (Å²) >= 11 is 1.49. The lowest BCUT2D eigenvalue weighted by atomic mass is 10.1. The van der Waals surface area contributed by atoms with Gasteiger partial charge in [-0.15, -0.1) is 11.3 Å². The Morgan fingerprint density at radius 1 is 1.10 bits per heavy atom. The van der Waals surface area contributed by atoms with Crippen molar-refractivity contribution in [2.45, 2.75) is 6.92 Å². The summed E-state index contributed by atoms with van der Waals surface area (Å²) in [6, 6.07) is 15.0. The van der Waals surface area contributed by atoms with Crippen molar-refractivity contribution in [3.8, 4) is 27.9 Å². The average Bonchev–Trinajstić information content (AvgIpc) is 3.40. The molecule has 4 rings (SSSR count). The number of aryl methyl sites for hydroxylation is 1. The lowest BCUT2D eigenvalue weighted by Gasteiger charge is -2.12. The largest absolute Gasteiger partial charge is 0.497 e. The number of hydrogen-bond donors (Lipinski definition) is 1. The van der Waals surface area contributed by atoms with Crippen LogP contribution in [-0.4, -0.2) is 34.7 Å². The van der Waals surface area contributed by atoms with Gasteiger partial charge >= 0.3 is 0 Å². The Morgan fingerprint density at radius 3 is 2.63 bits per heavy atom. The molecule has 0 aliphatic rings. The fourth-order valence-electron chi connectivity index (χ4n) is 3.05. The monoisotopic (exact) mass is 420 g/mol. The molecule has 0 fully saturated rings. The van der Waals surface area contributed by atoms with Crippen molar-refractivity contribution in [1.29, 1.82) is 0 Å². The molecule has 0 bridgehead atoms. The summed E-state index contributed by atoms with van der Waals surface area (Å²) in [5, 5.41) is 5.63. The topological polar surface area (TPSA) is 78.3 Å². The maximum Gasteiger partial charge on any atom is 0.260 e. The molecule has 4 aromatic rings. The van der Waals surface area contributed by atoms with E-state index < -0.39 is 0 Å². The second-order valence-corrected chi connectivity index (χ2v) is 7.26. The van der Waals surface area contributed by atoms with E-state index in [1.807, 2.05) is 47.2 Å². The maximum absolute atomic E-state index is 12.9. The number of benzene rings is 2. The highest BCUT2D eigenvalue weighted by Crippen LogP contribution is 2.29. The highest BCUT2D eigenvalue weighted by molar-refractivity contribution is 7.12. The number of methoxy groups -OCH3 is 2. The Kier molecular flexibility index (Phi) is 5.49. The molecule has 30 heavy (non-hydrogen) atoms. The van der Waals surface area contributed by atoms with Gasteiger partial charge in [-0.25, -0.2) is 9.97 Å². The van der Waals surface area contributed by atoms with Gasteiger partial charge in [0.2, 0.25) is 0 Å². The van der Waals surface area contributed by atoms with Crippen molar-refractivity contribution < 1.29 is 14.3 Å². The molecule has 1 amide bonds. The molecule has 1 N–H and O–H groups in total. The van der Waals surface area contributed by atoms with Gasteiger partial charge in [0.05, 0.1) is 31.7 Å². The minimum Gasteiger partial charge on any atom is -0.497 e. The summed E-state index contributed by atoms with van der Waals surface area (Å²) < 4.78 is 12.4. The number of imidazole rings is 1. The summed E-state index contributed by atoms with van der Waals surface area (Å²) in [5.41, 5.74) is 2.30. The van der Waals surface area contributed by atoms with E-state index in [4.69, 9.17) is 14.5 Å². The number of thiazole rings is 1. The molecule has 7 nitrogen and oxygen atoms in total. The van der Waals surface area contributed by atoms with Crippen LogP contribution in [0.5, 0.6) is 11.5 Å². The Labute approximate surface area is 177 Å². The van der Waals surface area contributed by atoms with Crippen LogP contribution in [0.1, 0.15) is 16.2 Å². The van der Waals surface area contributed by atoms with Crippen molar-refractivity contribution in [2.24, 2.45) is 0 Å². The molecule has 0 saturated carbocycles. The Morgan fingerprint density at radius 2 is 1.90 bits per heavy atom. The summed E-state index contributed by atoms with van der Waals surface area (Å²) in [6.07, 6.45) is 1.62. The number of aromatic nitrogens is 3. The van der Waals surface area contributed by atoms with Gasteiger partial charge in [0.25, 0.3) is 5.91 Å². The summed E-state index contributed by atoms with van der Waals surface area (Å²) in [7, 11) is 3.08. The van der Waals surface area contributed by atoms with Crippen LogP contribution < -0.4 is 14.8 Å². The molecule has 0 aliphatic carbocycles. The highest BCUT2D eigenvalue weighted by Gasteiger charge is 2.18. The smallest absolute Gasteiger partial charge is 0.260 e. The van der Waals surface area contributed by atoms with E-state index in [0.717, 1.165) is 22.2 Å². The predicted molar refractivity (Wildman–Crippen MR) is 117 cm³/mol. The minimum absolute atomic E-state index is 0.310. The van der Waals surface area contributed by atoms with Crippen molar-refractivity contribution in [2.75, 3.05) is 19.5 Å². The molecule has 0 aliphatic heterocycles. The predicted octanol–water partition coefficient (Wildman–Crippen LogP) is 4.57. The number of nitrogens with one attached hydrogen (secondary N) is 1. The molecule has 0 spiro atoms. The molecule has 8 heteroatoms. The lowest BCUT2D eigenvalue weighted by Crippen LogP contribution is -2.16. The van der Waals surface area contributed by atoms with Crippen molar-refractivity contribution in [3.05, 3.63) is 71.5 Å². The third kappa shape index (κ3) is 3.77. The number of amides is 1. The molecular weight excluding hydrogens is 400 g/mol. The van der Waals surface area contributed by atoms with Crippen molar-refractivity contribution >= 4 is 23.1 Å². The van der Waals surface area contributed by atoms with Crippen LogP contribution in [0.25, 0.3) is 16.4 Å². The van der Waals surface area contributed by atoms with Crippen LogP contribution in [0.15, 0.2) is 60.1 Å². The standard InChI is InChI=1S/C22H20N4O3S/c1-14-23-12-20(25-21(27)17-10-9-16(28-2)11-19(17)29-3)26(14)22-24-18(13-30-22)15-7-5-4-6-8-15/h4-13H,1-3H3,(H,25,27). The molecule has 2 aromatic carbocycles. The third-order valence-electron chi connectivity index (χ3n) is 4.59. The first kappa shape index (κ1) is 19.7. The number of rotatable bonds is 6. The number of carbonyl (C=O) groups is 1. The molecule has 2 aromatic heterocycles. The van der Waals surface area contributed by atoms with Gasteiger partial charge in [-0.1, -0.05) is 30.3 Å². The number of carbonyl (C=O) groups excluding carboxylic acids is 1. The normalized spacial score (nSPS) is 10.6. The van der Waals surface area contributed by atoms with Crippen molar-refractivity contribution in [1.82, 2.24) is 14.5 Å². The first-order chi connectivity index (χ1) is 14.6. The third-order valence-corrected chi connectivity index (χ3v) is 5.41. The second-order valence-electron chi connectivity index (χ2n) is 6.43. The molecule has 0 radical (unpaired) electrons.